The van der Waals surface area contributed by atoms with Gasteiger partial charge >= 0.3 is 18.3 Å². The van der Waals surface area contributed by atoms with Crippen molar-refractivity contribution < 1.29 is 41.0 Å². The summed E-state index contributed by atoms with van der Waals surface area (Å²) in [4.78, 5) is 23.8. The van der Waals surface area contributed by atoms with Gasteiger partial charge in [0.25, 0.3) is 5.91 Å². The Morgan fingerprint density at radius 1 is 1.00 bits per heavy atom. The van der Waals surface area contributed by atoms with Crippen LogP contribution in [0.4, 0.5) is 26.3 Å². The van der Waals surface area contributed by atoms with Crippen molar-refractivity contribution in [2.75, 3.05) is 0 Å². The Labute approximate surface area is 165 Å². The van der Waals surface area contributed by atoms with Crippen LogP contribution in [-0.2, 0) is 23.6 Å². The van der Waals surface area contributed by atoms with Crippen molar-refractivity contribution in [3.8, 4) is 6.07 Å². The first-order chi connectivity index (χ1) is 13.8. The lowest BCUT2D eigenvalue weighted by atomic mass is 10.00. The maximum atomic E-state index is 12.9. The highest BCUT2D eigenvalue weighted by atomic mass is 19.4. The first kappa shape index (κ1) is 22.7. The number of nitrogens with zero attached hydrogens (tertiary/aromatic N) is 1. The molecule has 1 atom stereocenters. The summed E-state index contributed by atoms with van der Waals surface area (Å²) < 4.78 is 77.6. The van der Waals surface area contributed by atoms with E-state index in [9.17, 15) is 41.0 Å². The number of nitrogens with one attached hydrogen (secondary N) is 1. The minimum Gasteiger partial charge on any atom is -0.480 e. The van der Waals surface area contributed by atoms with Gasteiger partial charge in [-0.3, -0.25) is 4.79 Å². The lowest BCUT2D eigenvalue weighted by Gasteiger charge is -2.17. The third kappa shape index (κ3) is 5.50. The molecule has 0 bridgehead atoms. The summed E-state index contributed by atoms with van der Waals surface area (Å²) >= 11 is 0. The molecule has 0 saturated carbocycles. The van der Waals surface area contributed by atoms with Gasteiger partial charge in [0.1, 0.15) is 6.04 Å². The van der Waals surface area contributed by atoms with Crippen molar-refractivity contribution >= 4 is 11.9 Å². The molecule has 0 fully saturated rings. The molecule has 0 aliphatic heterocycles. The lowest BCUT2D eigenvalue weighted by molar-refractivity contribution is -0.143. The van der Waals surface area contributed by atoms with Gasteiger partial charge in [0, 0.05) is 12.0 Å². The SMILES string of the molecule is N#Cc1ccccc1C[C@H](NC(=O)c1cc(C(F)(F)F)cc(C(F)(F)F)c1)C(=O)O. The van der Waals surface area contributed by atoms with Crippen LogP contribution in [0.3, 0.4) is 0 Å². The topological polar surface area (TPSA) is 90.2 Å². The average molecular weight is 430 g/mol. The second kappa shape index (κ2) is 8.44. The summed E-state index contributed by atoms with van der Waals surface area (Å²) in [5.41, 5.74) is -4.07. The molecule has 0 radical (unpaired) electrons. The minimum atomic E-state index is -5.16. The Bertz CT molecular complexity index is 976. The molecule has 158 valence electrons. The Kier molecular flexibility index (Phi) is 6.40. The zero-order valence-corrected chi connectivity index (χ0v) is 14.8. The molecule has 5 nitrogen and oxygen atoms in total. The van der Waals surface area contributed by atoms with Gasteiger partial charge in [-0.25, -0.2) is 4.79 Å². The molecule has 0 aliphatic rings. The van der Waals surface area contributed by atoms with Gasteiger partial charge in [0.15, 0.2) is 0 Å². The third-order valence-electron chi connectivity index (χ3n) is 4.02. The van der Waals surface area contributed by atoms with Crippen LogP contribution >= 0.6 is 0 Å². The number of amides is 1. The molecule has 0 spiro atoms. The van der Waals surface area contributed by atoms with Crippen molar-refractivity contribution in [1.82, 2.24) is 5.32 Å². The second-order valence-corrected chi connectivity index (χ2v) is 6.13. The predicted molar refractivity (Wildman–Crippen MR) is 90.2 cm³/mol. The van der Waals surface area contributed by atoms with E-state index in [2.05, 4.69) is 0 Å². The zero-order valence-electron chi connectivity index (χ0n) is 14.8. The molecule has 0 heterocycles. The number of halogens is 6. The number of rotatable bonds is 5. The van der Waals surface area contributed by atoms with Crippen LogP contribution in [0.1, 0.15) is 32.6 Å². The molecular weight excluding hydrogens is 418 g/mol. The van der Waals surface area contributed by atoms with Gasteiger partial charge in [-0.05, 0) is 29.8 Å². The van der Waals surface area contributed by atoms with E-state index in [1.807, 2.05) is 11.4 Å². The maximum absolute atomic E-state index is 12.9. The molecule has 2 N–H and O–H groups in total. The molecule has 30 heavy (non-hydrogen) atoms. The standard InChI is InChI=1S/C19H12F6N2O3/c20-18(21,22)13-5-12(6-14(8-13)19(23,24)25)16(28)27-15(17(29)30)7-10-3-1-2-4-11(10)9-26/h1-6,8,15H,7H2,(H,27,28)(H,29,30)/t15-/m0/s1. The summed E-state index contributed by atoms with van der Waals surface area (Å²) in [5.74, 6) is -3.02. The van der Waals surface area contributed by atoms with Crippen molar-refractivity contribution in [1.29, 1.82) is 5.26 Å². The average Bonchev–Trinajstić information content (AvgIpc) is 2.65. The van der Waals surface area contributed by atoms with Gasteiger partial charge in [-0.1, -0.05) is 18.2 Å². The quantitative estimate of drug-likeness (QED) is 0.702. The Balaban J connectivity index is 2.38. The van der Waals surface area contributed by atoms with Crippen molar-refractivity contribution in [3.05, 3.63) is 70.3 Å². The molecule has 0 aromatic heterocycles. The largest absolute Gasteiger partial charge is 0.480 e. The van der Waals surface area contributed by atoms with Crippen molar-refractivity contribution in [3.63, 3.8) is 0 Å². The van der Waals surface area contributed by atoms with Crippen LogP contribution < -0.4 is 5.32 Å². The number of aliphatic carboxylic acids is 1. The van der Waals surface area contributed by atoms with E-state index in [0.29, 0.717) is 0 Å². The van der Waals surface area contributed by atoms with E-state index in [1.54, 1.807) is 0 Å². The van der Waals surface area contributed by atoms with Crippen LogP contribution in [-0.4, -0.2) is 23.0 Å². The number of carboxylic acid groups (broad SMARTS) is 1. The fourth-order valence-corrected chi connectivity index (χ4v) is 2.55. The van der Waals surface area contributed by atoms with Gasteiger partial charge in [-0.2, -0.15) is 31.6 Å². The molecular formula is C19H12F6N2O3. The van der Waals surface area contributed by atoms with E-state index >= 15 is 0 Å². The fraction of sp³-hybridized carbons (Fsp3) is 0.211. The molecule has 2 rings (SSSR count). The molecule has 2 aromatic carbocycles. The molecule has 0 saturated heterocycles. The molecule has 0 aliphatic carbocycles. The molecule has 2 aromatic rings. The summed E-state index contributed by atoms with van der Waals surface area (Å²) in [5, 5.41) is 20.3. The summed E-state index contributed by atoms with van der Waals surface area (Å²) in [6.07, 6.45) is -10.7. The van der Waals surface area contributed by atoms with Gasteiger partial charge < -0.3 is 10.4 Å². The third-order valence-corrected chi connectivity index (χ3v) is 4.02. The normalized spacial score (nSPS) is 12.7. The van der Waals surface area contributed by atoms with Crippen LogP contribution in [0.2, 0.25) is 0 Å². The second-order valence-electron chi connectivity index (χ2n) is 6.13. The Morgan fingerprint density at radius 3 is 2.00 bits per heavy atom. The number of carbonyl (C=O) groups excluding carboxylic acids is 1. The number of alkyl halides is 6. The molecule has 11 heteroatoms. The number of hydrogen-bond donors (Lipinski definition) is 2. The van der Waals surface area contributed by atoms with E-state index in [0.717, 1.165) is 0 Å². The minimum absolute atomic E-state index is 0.108. The summed E-state index contributed by atoms with van der Waals surface area (Å²) in [7, 11) is 0. The summed E-state index contributed by atoms with van der Waals surface area (Å²) in [6.45, 7) is 0. The molecule has 1 amide bonds. The number of nitriles is 1. The van der Waals surface area contributed by atoms with Gasteiger partial charge in [-0.15, -0.1) is 0 Å². The van der Waals surface area contributed by atoms with Gasteiger partial charge in [0.2, 0.25) is 0 Å². The Hall–Kier alpha value is -3.55. The summed E-state index contributed by atoms with van der Waals surface area (Å²) in [6, 6.07) is 6.18. The maximum Gasteiger partial charge on any atom is 0.416 e. The molecule has 0 unspecified atom stereocenters. The number of carbonyl (C=O) groups is 2. The first-order valence-corrected chi connectivity index (χ1v) is 8.14. The Morgan fingerprint density at radius 2 is 1.53 bits per heavy atom. The fourth-order valence-electron chi connectivity index (χ4n) is 2.55. The predicted octanol–water partition coefficient (Wildman–Crippen LogP) is 4.02. The van der Waals surface area contributed by atoms with Crippen molar-refractivity contribution in [2.24, 2.45) is 0 Å². The highest BCUT2D eigenvalue weighted by Gasteiger charge is 2.37. The number of benzene rings is 2. The van der Waals surface area contributed by atoms with Gasteiger partial charge in [0.05, 0.1) is 22.8 Å². The highest BCUT2D eigenvalue weighted by Crippen LogP contribution is 2.36. The van der Waals surface area contributed by atoms with E-state index in [4.69, 9.17) is 5.26 Å². The van der Waals surface area contributed by atoms with Crippen LogP contribution in [0.15, 0.2) is 42.5 Å². The van der Waals surface area contributed by atoms with E-state index in [1.165, 1.54) is 24.3 Å². The van der Waals surface area contributed by atoms with Crippen LogP contribution in [0.25, 0.3) is 0 Å². The monoisotopic (exact) mass is 430 g/mol. The highest BCUT2D eigenvalue weighted by molar-refractivity contribution is 5.97. The lowest BCUT2D eigenvalue weighted by Crippen LogP contribution is -2.42. The first-order valence-electron chi connectivity index (χ1n) is 8.14. The van der Waals surface area contributed by atoms with Crippen molar-refractivity contribution in [2.45, 2.75) is 24.8 Å². The smallest absolute Gasteiger partial charge is 0.416 e. The van der Waals surface area contributed by atoms with Crippen LogP contribution in [0.5, 0.6) is 0 Å². The van der Waals surface area contributed by atoms with E-state index in [-0.39, 0.29) is 29.3 Å². The zero-order chi connectivity index (χ0) is 22.7. The number of carboxylic acids is 1. The number of hydrogen-bond acceptors (Lipinski definition) is 3. The van der Waals surface area contributed by atoms with Crippen LogP contribution in [0, 0.1) is 11.3 Å². The van der Waals surface area contributed by atoms with E-state index < -0.39 is 53.4 Å².